The molecular weight excluding hydrogens is 260 g/mol. The van der Waals surface area contributed by atoms with Gasteiger partial charge in [0.15, 0.2) is 0 Å². The molecule has 3 heteroatoms. The summed E-state index contributed by atoms with van der Waals surface area (Å²) in [7, 11) is 1.79. The standard InChI is InChI=1S/C18H30N2O/c1-21-14-6-5-13-20(15-17-7-3-2-4-8-17)16-18-9-11-19-12-10-18/h2-4,7-8,18-19H,5-6,9-16H2,1H3. The molecule has 1 aliphatic heterocycles. The van der Waals surface area contributed by atoms with Gasteiger partial charge in [-0.15, -0.1) is 0 Å². The monoisotopic (exact) mass is 290 g/mol. The minimum atomic E-state index is 0.859. The number of benzene rings is 1. The fourth-order valence-corrected chi connectivity index (χ4v) is 3.09. The zero-order valence-electron chi connectivity index (χ0n) is 13.4. The molecule has 0 aliphatic carbocycles. The molecule has 0 saturated carbocycles. The molecule has 0 bridgehead atoms. The summed E-state index contributed by atoms with van der Waals surface area (Å²) in [5.41, 5.74) is 1.43. The van der Waals surface area contributed by atoms with Crippen molar-refractivity contribution in [3.05, 3.63) is 35.9 Å². The molecular formula is C18H30N2O. The molecule has 0 radical (unpaired) electrons. The number of unbranched alkanes of at least 4 members (excludes halogenated alkanes) is 1. The summed E-state index contributed by atoms with van der Waals surface area (Å²) in [5, 5.41) is 3.46. The predicted octanol–water partition coefficient (Wildman–Crippen LogP) is 2.91. The van der Waals surface area contributed by atoms with E-state index in [9.17, 15) is 0 Å². The van der Waals surface area contributed by atoms with Crippen molar-refractivity contribution in [2.24, 2.45) is 5.92 Å². The van der Waals surface area contributed by atoms with E-state index in [1.165, 1.54) is 51.0 Å². The topological polar surface area (TPSA) is 24.5 Å². The predicted molar refractivity (Wildman–Crippen MR) is 88.4 cm³/mol. The summed E-state index contributed by atoms with van der Waals surface area (Å²) in [6.45, 7) is 6.76. The second kappa shape index (κ2) is 9.93. The van der Waals surface area contributed by atoms with Gasteiger partial charge in [-0.3, -0.25) is 4.90 Å². The van der Waals surface area contributed by atoms with E-state index < -0.39 is 0 Å². The SMILES string of the molecule is COCCCCN(Cc1ccccc1)CC1CCNCC1. The van der Waals surface area contributed by atoms with Crippen molar-refractivity contribution >= 4 is 0 Å². The van der Waals surface area contributed by atoms with E-state index in [2.05, 4.69) is 40.5 Å². The van der Waals surface area contributed by atoms with Gasteiger partial charge in [0.2, 0.25) is 0 Å². The van der Waals surface area contributed by atoms with Gasteiger partial charge in [-0.25, -0.2) is 0 Å². The molecule has 0 unspecified atom stereocenters. The Kier molecular flexibility index (Phi) is 7.79. The molecule has 0 spiro atoms. The molecule has 118 valence electrons. The summed E-state index contributed by atoms with van der Waals surface area (Å²) in [6, 6.07) is 10.9. The first-order valence-electron chi connectivity index (χ1n) is 8.34. The molecule has 1 aromatic rings. The van der Waals surface area contributed by atoms with Gasteiger partial charge in [0.05, 0.1) is 0 Å². The Morgan fingerprint density at radius 2 is 1.90 bits per heavy atom. The van der Waals surface area contributed by atoms with Gasteiger partial charge < -0.3 is 10.1 Å². The number of nitrogens with zero attached hydrogens (tertiary/aromatic N) is 1. The Labute approximate surface area is 129 Å². The third-order valence-electron chi connectivity index (χ3n) is 4.30. The van der Waals surface area contributed by atoms with E-state index in [1.807, 2.05) is 0 Å². The average Bonchev–Trinajstić information content (AvgIpc) is 2.53. The lowest BCUT2D eigenvalue weighted by Gasteiger charge is -2.30. The molecule has 0 atom stereocenters. The lowest BCUT2D eigenvalue weighted by molar-refractivity contribution is 0.169. The van der Waals surface area contributed by atoms with Crippen LogP contribution in [0.3, 0.4) is 0 Å². The summed E-state index contributed by atoms with van der Waals surface area (Å²) in [4.78, 5) is 2.64. The number of hydrogen-bond acceptors (Lipinski definition) is 3. The van der Waals surface area contributed by atoms with Crippen molar-refractivity contribution in [2.45, 2.75) is 32.2 Å². The number of rotatable bonds is 9. The van der Waals surface area contributed by atoms with Crippen molar-refractivity contribution in [1.29, 1.82) is 0 Å². The average molecular weight is 290 g/mol. The fraction of sp³-hybridized carbons (Fsp3) is 0.667. The Balaban J connectivity index is 1.82. The van der Waals surface area contributed by atoms with E-state index in [4.69, 9.17) is 4.74 Å². The molecule has 1 fully saturated rings. The van der Waals surface area contributed by atoms with Crippen LogP contribution in [0, 0.1) is 5.92 Å². The minimum Gasteiger partial charge on any atom is -0.385 e. The lowest BCUT2D eigenvalue weighted by Crippen LogP contribution is -2.36. The molecule has 1 heterocycles. The van der Waals surface area contributed by atoms with Crippen LogP contribution in [0.4, 0.5) is 0 Å². The molecule has 3 nitrogen and oxygen atoms in total. The zero-order chi connectivity index (χ0) is 14.8. The number of nitrogens with one attached hydrogen (secondary N) is 1. The van der Waals surface area contributed by atoms with Crippen LogP contribution < -0.4 is 5.32 Å². The first-order chi connectivity index (χ1) is 10.4. The van der Waals surface area contributed by atoms with Crippen LogP contribution in [-0.2, 0) is 11.3 Å². The number of piperidine rings is 1. The van der Waals surface area contributed by atoms with Crippen molar-refractivity contribution in [1.82, 2.24) is 10.2 Å². The zero-order valence-corrected chi connectivity index (χ0v) is 13.4. The minimum absolute atomic E-state index is 0.859. The molecule has 2 rings (SSSR count). The molecule has 0 aromatic heterocycles. The van der Waals surface area contributed by atoms with Crippen LogP contribution in [0.1, 0.15) is 31.2 Å². The third kappa shape index (κ3) is 6.60. The van der Waals surface area contributed by atoms with Gasteiger partial charge >= 0.3 is 0 Å². The molecule has 1 aromatic carbocycles. The fourth-order valence-electron chi connectivity index (χ4n) is 3.09. The maximum atomic E-state index is 5.17. The van der Waals surface area contributed by atoms with Crippen LogP contribution in [0.2, 0.25) is 0 Å². The highest BCUT2D eigenvalue weighted by molar-refractivity contribution is 5.14. The van der Waals surface area contributed by atoms with Crippen molar-refractivity contribution in [3.8, 4) is 0 Å². The summed E-state index contributed by atoms with van der Waals surface area (Å²) < 4.78 is 5.17. The van der Waals surface area contributed by atoms with E-state index >= 15 is 0 Å². The summed E-state index contributed by atoms with van der Waals surface area (Å²) in [6.07, 6.45) is 5.03. The highest BCUT2D eigenvalue weighted by atomic mass is 16.5. The first-order valence-corrected chi connectivity index (χ1v) is 8.34. The van der Waals surface area contributed by atoms with Gasteiger partial charge in [-0.1, -0.05) is 30.3 Å². The Morgan fingerprint density at radius 1 is 1.14 bits per heavy atom. The Morgan fingerprint density at radius 3 is 2.62 bits per heavy atom. The normalized spacial score (nSPS) is 16.5. The number of hydrogen-bond donors (Lipinski definition) is 1. The van der Waals surface area contributed by atoms with Gasteiger partial charge in [-0.05, 0) is 56.8 Å². The van der Waals surface area contributed by atoms with Gasteiger partial charge in [0, 0.05) is 26.8 Å². The van der Waals surface area contributed by atoms with Crippen LogP contribution >= 0.6 is 0 Å². The molecule has 21 heavy (non-hydrogen) atoms. The summed E-state index contributed by atoms with van der Waals surface area (Å²) in [5.74, 6) is 0.859. The Bertz CT molecular complexity index is 363. The Hall–Kier alpha value is -0.900. The van der Waals surface area contributed by atoms with Crippen molar-refractivity contribution in [3.63, 3.8) is 0 Å². The van der Waals surface area contributed by atoms with E-state index in [-0.39, 0.29) is 0 Å². The number of methoxy groups -OCH3 is 1. The second-order valence-electron chi connectivity index (χ2n) is 6.11. The smallest absolute Gasteiger partial charge is 0.0462 e. The van der Waals surface area contributed by atoms with E-state index in [1.54, 1.807) is 7.11 Å². The van der Waals surface area contributed by atoms with Crippen LogP contribution in [0.5, 0.6) is 0 Å². The molecule has 1 saturated heterocycles. The largest absolute Gasteiger partial charge is 0.385 e. The maximum absolute atomic E-state index is 5.17. The molecule has 0 amide bonds. The van der Waals surface area contributed by atoms with E-state index in [0.29, 0.717) is 0 Å². The highest BCUT2D eigenvalue weighted by Crippen LogP contribution is 2.16. The molecule has 1 N–H and O–H groups in total. The number of ether oxygens (including phenoxy) is 1. The first kappa shape index (κ1) is 16.5. The van der Waals surface area contributed by atoms with E-state index in [0.717, 1.165) is 25.5 Å². The van der Waals surface area contributed by atoms with Crippen LogP contribution in [0.15, 0.2) is 30.3 Å². The lowest BCUT2D eigenvalue weighted by atomic mass is 9.97. The summed E-state index contributed by atoms with van der Waals surface area (Å²) >= 11 is 0. The van der Waals surface area contributed by atoms with Crippen molar-refractivity contribution < 1.29 is 4.74 Å². The van der Waals surface area contributed by atoms with Gasteiger partial charge in [0.1, 0.15) is 0 Å². The van der Waals surface area contributed by atoms with Crippen LogP contribution in [-0.4, -0.2) is 44.8 Å². The van der Waals surface area contributed by atoms with Gasteiger partial charge in [0.25, 0.3) is 0 Å². The molecule has 1 aliphatic rings. The third-order valence-corrected chi connectivity index (χ3v) is 4.30. The van der Waals surface area contributed by atoms with Gasteiger partial charge in [-0.2, -0.15) is 0 Å². The quantitative estimate of drug-likeness (QED) is 0.708. The van der Waals surface area contributed by atoms with Crippen LogP contribution in [0.25, 0.3) is 0 Å². The van der Waals surface area contributed by atoms with Crippen molar-refractivity contribution in [2.75, 3.05) is 39.9 Å². The highest BCUT2D eigenvalue weighted by Gasteiger charge is 2.17. The maximum Gasteiger partial charge on any atom is 0.0462 e. The second-order valence-corrected chi connectivity index (χ2v) is 6.11.